The predicted octanol–water partition coefficient (Wildman–Crippen LogP) is 14.7. The van der Waals surface area contributed by atoms with Gasteiger partial charge in [0, 0.05) is 42.7 Å². The summed E-state index contributed by atoms with van der Waals surface area (Å²) < 4.78 is 7.54. The number of thiophene rings is 1. The van der Waals surface area contributed by atoms with E-state index in [-0.39, 0.29) is 0 Å². The van der Waals surface area contributed by atoms with Crippen LogP contribution in [-0.2, 0) is 0 Å². The Morgan fingerprint density at radius 3 is 1.67 bits per heavy atom. The SMILES string of the molecule is c1ccc(-c2ccc(-n3c4ccccc4c4cc(-c5ccc6c(c5)c5cc7ccccc7cc5n6-c5cccc6c5sc5ccccc56)ccc43)cc2)cc1. The van der Waals surface area contributed by atoms with Gasteiger partial charge >= 0.3 is 0 Å². The fraction of sp³-hybridized carbons (Fsp3) is 0. The molecule has 2 nitrogen and oxygen atoms in total. The van der Waals surface area contributed by atoms with Crippen molar-refractivity contribution in [2.75, 3.05) is 0 Å². The topological polar surface area (TPSA) is 9.86 Å². The summed E-state index contributed by atoms with van der Waals surface area (Å²) in [7, 11) is 0. The van der Waals surface area contributed by atoms with Gasteiger partial charge in [-0.05, 0) is 99.8 Å². The number of fused-ring (bicyclic) bond motifs is 10. The summed E-state index contributed by atoms with van der Waals surface area (Å²) in [6.45, 7) is 0. The molecule has 0 unspecified atom stereocenters. The van der Waals surface area contributed by atoms with Gasteiger partial charge in [0.15, 0.2) is 0 Å². The fourth-order valence-corrected chi connectivity index (χ4v) is 10.1. The standard InChI is InChI=1S/C52H32N2S/c1-2-11-33(12-3-1)34-21-25-39(26-22-34)53-46-18-8-6-15-40(46)43-30-37(23-27-47(43)53)38-24-28-48-44(31-38)45-29-35-13-4-5-14-36(35)32-50(45)54(48)49-19-10-17-42-41-16-7-9-20-51(41)55-52(42)49/h1-32H. The minimum absolute atomic E-state index is 1.16. The molecule has 0 radical (unpaired) electrons. The highest BCUT2D eigenvalue weighted by atomic mass is 32.1. The first-order valence-electron chi connectivity index (χ1n) is 18.8. The molecule has 0 fully saturated rings. The van der Waals surface area contributed by atoms with Crippen LogP contribution in [0.15, 0.2) is 194 Å². The molecule has 9 aromatic carbocycles. The van der Waals surface area contributed by atoms with E-state index >= 15 is 0 Å². The Morgan fingerprint density at radius 1 is 0.309 bits per heavy atom. The van der Waals surface area contributed by atoms with Gasteiger partial charge in [-0.1, -0.05) is 127 Å². The minimum atomic E-state index is 1.16. The quantitative estimate of drug-likeness (QED) is 0.172. The van der Waals surface area contributed by atoms with Crippen molar-refractivity contribution < 1.29 is 0 Å². The van der Waals surface area contributed by atoms with E-state index < -0.39 is 0 Å². The summed E-state index contributed by atoms with van der Waals surface area (Å²) in [6, 6.07) is 71.4. The number of rotatable bonds is 4. The Balaban J connectivity index is 1.06. The van der Waals surface area contributed by atoms with Crippen molar-refractivity contribution in [2.24, 2.45) is 0 Å². The maximum atomic E-state index is 2.50. The second-order valence-electron chi connectivity index (χ2n) is 14.5. The van der Waals surface area contributed by atoms with E-state index in [9.17, 15) is 0 Å². The van der Waals surface area contributed by atoms with Crippen LogP contribution >= 0.6 is 11.3 Å². The Hall–Kier alpha value is -6.94. The highest BCUT2D eigenvalue weighted by molar-refractivity contribution is 7.26. The van der Waals surface area contributed by atoms with Crippen LogP contribution in [0.2, 0.25) is 0 Å². The molecule has 3 heteroatoms. The van der Waals surface area contributed by atoms with E-state index in [4.69, 9.17) is 0 Å². The molecule has 0 aliphatic rings. The molecule has 0 saturated heterocycles. The Kier molecular flexibility index (Phi) is 6.54. The molecule has 0 N–H and O–H groups in total. The molecule has 0 bridgehead atoms. The van der Waals surface area contributed by atoms with Gasteiger partial charge < -0.3 is 9.13 Å². The third-order valence-corrected chi connectivity index (χ3v) is 12.7. The van der Waals surface area contributed by atoms with E-state index in [2.05, 4.69) is 203 Å². The normalized spacial score (nSPS) is 12.0. The van der Waals surface area contributed by atoms with Crippen LogP contribution in [0.4, 0.5) is 0 Å². The van der Waals surface area contributed by atoms with E-state index in [0.717, 1.165) is 5.69 Å². The number of nitrogens with zero attached hydrogens (tertiary/aromatic N) is 2. The van der Waals surface area contributed by atoms with Gasteiger partial charge in [-0.15, -0.1) is 11.3 Å². The summed E-state index contributed by atoms with van der Waals surface area (Å²) in [5, 5.41) is 10.2. The zero-order valence-electron chi connectivity index (χ0n) is 29.8. The Bertz CT molecular complexity index is 3470. The molecule has 12 aromatic rings. The maximum absolute atomic E-state index is 2.50. The van der Waals surface area contributed by atoms with Gasteiger partial charge in [-0.2, -0.15) is 0 Å². The largest absolute Gasteiger partial charge is 0.309 e. The van der Waals surface area contributed by atoms with Crippen molar-refractivity contribution in [1.29, 1.82) is 0 Å². The van der Waals surface area contributed by atoms with Crippen LogP contribution in [0, 0.1) is 0 Å². The summed E-state index contributed by atoms with van der Waals surface area (Å²) in [5.74, 6) is 0. The van der Waals surface area contributed by atoms with E-state index in [1.54, 1.807) is 0 Å². The highest BCUT2D eigenvalue weighted by Crippen LogP contribution is 2.43. The summed E-state index contributed by atoms with van der Waals surface area (Å²) >= 11 is 1.89. The molecule has 3 aromatic heterocycles. The maximum Gasteiger partial charge on any atom is 0.0640 e. The first kappa shape index (κ1) is 30.5. The van der Waals surface area contributed by atoms with Crippen molar-refractivity contribution in [2.45, 2.75) is 0 Å². The molecule has 0 atom stereocenters. The molecule has 256 valence electrons. The van der Waals surface area contributed by atoms with Crippen LogP contribution < -0.4 is 0 Å². The van der Waals surface area contributed by atoms with Crippen molar-refractivity contribution in [3.8, 4) is 33.6 Å². The monoisotopic (exact) mass is 716 g/mol. The molecule has 0 amide bonds. The van der Waals surface area contributed by atoms with Crippen LogP contribution in [-0.4, -0.2) is 9.13 Å². The van der Waals surface area contributed by atoms with Gasteiger partial charge in [-0.25, -0.2) is 0 Å². The third-order valence-electron chi connectivity index (χ3n) is 11.5. The second-order valence-corrected chi connectivity index (χ2v) is 15.6. The number of hydrogen-bond donors (Lipinski definition) is 0. The average molecular weight is 717 g/mol. The lowest BCUT2D eigenvalue weighted by molar-refractivity contribution is 1.18. The molecular formula is C52H32N2S. The number of aromatic nitrogens is 2. The van der Waals surface area contributed by atoms with Crippen molar-refractivity contribution in [3.63, 3.8) is 0 Å². The van der Waals surface area contributed by atoms with Crippen molar-refractivity contribution >= 4 is 85.9 Å². The lowest BCUT2D eigenvalue weighted by Gasteiger charge is -2.11. The summed E-state index contributed by atoms with van der Waals surface area (Å²) in [5.41, 5.74) is 12.1. The highest BCUT2D eigenvalue weighted by Gasteiger charge is 2.19. The van der Waals surface area contributed by atoms with Crippen LogP contribution in [0.25, 0.3) is 108 Å². The molecule has 3 heterocycles. The zero-order valence-corrected chi connectivity index (χ0v) is 30.6. The lowest BCUT2D eigenvalue weighted by atomic mass is 10.00. The van der Waals surface area contributed by atoms with Crippen LogP contribution in [0.5, 0.6) is 0 Å². The zero-order chi connectivity index (χ0) is 36.0. The average Bonchev–Trinajstić information content (AvgIpc) is 3.90. The molecule has 0 aliphatic carbocycles. The first-order chi connectivity index (χ1) is 27.3. The minimum Gasteiger partial charge on any atom is -0.309 e. The van der Waals surface area contributed by atoms with Gasteiger partial charge in [0.2, 0.25) is 0 Å². The first-order valence-corrected chi connectivity index (χ1v) is 19.7. The van der Waals surface area contributed by atoms with E-state index in [0.29, 0.717) is 0 Å². The molecule has 55 heavy (non-hydrogen) atoms. The van der Waals surface area contributed by atoms with Crippen LogP contribution in [0.1, 0.15) is 0 Å². The van der Waals surface area contributed by atoms with Crippen LogP contribution in [0.3, 0.4) is 0 Å². The van der Waals surface area contributed by atoms with Gasteiger partial charge in [-0.3, -0.25) is 0 Å². The van der Waals surface area contributed by atoms with Gasteiger partial charge in [0.1, 0.15) is 0 Å². The Labute approximate surface area is 321 Å². The smallest absolute Gasteiger partial charge is 0.0640 e. The number of para-hydroxylation sites is 1. The summed E-state index contributed by atoms with van der Waals surface area (Å²) in [4.78, 5) is 0. The van der Waals surface area contributed by atoms with Gasteiger partial charge in [0.05, 0.1) is 32.5 Å². The third kappa shape index (κ3) is 4.60. The summed E-state index contributed by atoms with van der Waals surface area (Å²) in [6.07, 6.45) is 0. The van der Waals surface area contributed by atoms with Crippen molar-refractivity contribution in [1.82, 2.24) is 9.13 Å². The fourth-order valence-electron chi connectivity index (χ4n) is 8.92. The van der Waals surface area contributed by atoms with E-state index in [1.165, 1.54) is 102 Å². The molecular weight excluding hydrogens is 685 g/mol. The molecule has 12 rings (SSSR count). The molecule has 0 aliphatic heterocycles. The molecule has 0 spiro atoms. The Morgan fingerprint density at radius 2 is 0.873 bits per heavy atom. The van der Waals surface area contributed by atoms with Crippen molar-refractivity contribution in [3.05, 3.63) is 194 Å². The second kappa shape index (κ2) is 11.8. The van der Waals surface area contributed by atoms with Gasteiger partial charge in [0.25, 0.3) is 0 Å². The number of hydrogen-bond acceptors (Lipinski definition) is 1. The predicted molar refractivity (Wildman–Crippen MR) is 236 cm³/mol. The van der Waals surface area contributed by atoms with E-state index in [1.807, 2.05) is 11.3 Å². The molecule has 0 saturated carbocycles. The lowest BCUT2D eigenvalue weighted by Crippen LogP contribution is -1.94. The number of benzene rings is 9.